The maximum atomic E-state index is 5.19. The second-order valence-corrected chi connectivity index (χ2v) is 9.88. The lowest BCUT2D eigenvalue weighted by molar-refractivity contribution is 1.16. The third-order valence-corrected chi connectivity index (χ3v) is 7.75. The Morgan fingerprint density at radius 1 is 0.500 bits per heavy atom. The van der Waals surface area contributed by atoms with Gasteiger partial charge >= 0.3 is 0 Å². The average molecular weight is 486 g/mol. The summed E-state index contributed by atoms with van der Waals surface area (Å²) in [5.41, 5.74) is 8.74. The Kier molecular flexibility index (Phi) is 4.44. The largest absolute Gasteiger partial charge is 0.276 e. The second-order valence-electron chi connectivity index (χ2n) is 9.88. The van der Waals surface area contributed by atoms with Crippen LogP contribution in [0.25, 0.3) is 71.6 Å². The lowest BCUT2D eigenvalue weighted by Crippen LogP contribution is -1.98. The van der Waals surface area contributed by atoms with Gasteiger partial charge in [-0.15, -0.1) is 0 Å². The van der Waals surface area contributed by atoms with Gasteiger partial charge in [-0.3, -0.25) is 4.40 Å². The Bertz CT molecular complexity index is 2150. The van der Waals surface area contributed by atoms with Crippen molar-refractivity contribution in [3.63, 3.8) is 0 Å². The predicted molar refractivity (Wildman–Crippen MR) is 159 cm³/mol. The normalized spacial score (nSPS) is 11.8. The van der Waals surface area contributed by atoms with Crippen LogP contribution in [-0.4, -0.2) is 14.4 Å². The van der Waals surface area contributed by atoms with Crippen LogP contribution >= 0.6 is 0 Å². The standard InChI is InChI=1S/C35H23N3/c1-22-25-13-2-4-15-27(25)33(28-16-5-3-14-26(22)28)23-11-10-12-24(21-23)34-36-30-18-7-6-17-29(30)35-37-31-19-8-9-20-32(31)38(34)35/h2-21H,1H3. The summed E-state index contributed by atoms with van der Waals surface area (Å²) in [7, 11) is 0. The van der Waals surface area contributed by atoms with Gasteiger partial charge in [0, 0.05) is 10.9 Å². The number of rotatable bonds is 2. The van der Waals surface area contributed by atoms with Gasteiger partial charge in [0.1, 0.15) is 11.5 Å². The molecule has 0 radical (unpaired) electrons. The minimum atomic E-state index is 0.898. The number of aromatic nitrogens is 3. The molecule has 0 N–H and O–H groups in total. The Balaban J connectivity index is 1.47. The van der Waals surface area contributed by atoms with Crippen LogP contribution in [0.3, 0.4) is 0 Å². The number of aryl methyl sites for hydroxylation is 1. The third kappa shape index (κ3) is 2.96. The number of nitrogens with zero attached hydrogens (tertiary/aromatic N) is 3. The summed E-state index contributed by atoms with van der Waals surface area (Å²) in [5, 5.41) is 6.17. The van der Waals surface area contributed by atoms with Crippen LogP contribution in [0.5, 0.6) is 0 Å². The fourth-order valence-electron chi connectivity index (χ4n) is 6.01. The van der Waals surface area contributed by atoms with Gasteiger partial charge in [0.25, 0.3) is 0 Å². The van der Waals surface area contributed by atoms with E-state index in [0.29, 0.717) is 0 Å². The molecule has 0 aliphatic carbocycles. The highest BCUT2D eigenvalue weighted by atomic mass is 15.1. The SMILES string of the molecule is Cc1c2ccccc2c(-c2cccc(-c3nc4ccccc4c4nc5ccccc5n34)c2)c2ccccc12. The molecule has 2 heterocycles. The van der Waals surface area contributed by atoms with E-state index in [4.69, 9.17) is 9.97 Å². The summed E-state index contributed by atoms with van der Waals surface area (Å²) in [4.78, 5) is 10.2. The van der Waals surface area contributed by atoms with Crippen molar-refractivity contribution in [1.82, 2.24) is 14.4 Å². The number of benzene rings is 6. The van der Waals surface area contributed by atoms with Crippen molar-refractivity contribution >= 4 is 49.1 Å². The molecule has 0 aliphatic heterocycles. The lowest BCUT2D eigenvalue weighted by Gasteiger charge is -2.16. The van der Waals surface area contributed by atoms with E-state index in [-0.39, 0.29) is 0 Å². The van der Waals surface area contributed by atoms with E-state index >= 15 is 0 Å². The van der Waals surface area contributed by atoms with Gasteiger partial charge in [-0.2, -0.15) is 0 Å². The Morgan fingerprint density at radius 3 is 1.82 bits per heavy atom. The van der Waals surface area contributed by atoms with Gasteiger partial charge in [0.05, 0.1) is 16.6 Å². The highest BCUT2D eigenvalue weighted by Crippen LogP contribution is 2.40. The van der Waals surface area contributed by atoms with Crippen molar-refractivity contribution in [2.45, 2.75) is 6.92 Å². The molecule has 38 heavy (non-hydrogen) atoms. The number of hydrogen-bond acceptors (Lipinski definition) is 2. The van der Waals surface area contributed by atoms with Crippen LogP contribution in [0.2, 0.25) is 0 Å². The molecule has 2 aromatic heterocycles. The van der Waals surface area contributed by atoms with Crippen molar-refractivity contribution in [2.75, 3.05) is 0 Å². The van der Waals surface area contributed by atoms with Crippen LogP contribution in [0.1, 0.15) is 5.56 Å². The first-order chi connectivity index (χ1) is 18.8. The molecule has 178 valence electrons. The van der Waals surface area contributed by atoms with Crippen molar-refractivity contribution in [3.8, 4) is 22.5 Å². The molecular formula is C35H23N3. The zero-order valence-corrected chi connectivity index (χ0v) is 20.9. The number of imidazole rings is 1. The van der Waals surface area contributed by atoms with E-state index in [9.17, 15) is 0 Å². The molecule has 8 rings (SSSR count). The third-order valence-electron chi connectivity index (χ3n) is 7.75. The fourth-order valence-corrected chi connectivity index (χ4v) is 6.01. The number of para-hydroxylation sites is 3. The Morgan fingerprint density at radius 2 is 1.08 bits per heavy atom. The van der Waals surface area contributed by atoms with E-state index in [1.807, 2.05) is 12.1 Å². The summed E-state index contributed by atoms with van der Waals surface area (Å²) in [5.74, 6) is 0.898. The summed E-state index contributed by atoms with van der Waals surface area (Å²) in [6.45, 7) is 2.23. The molecule has 0 saturated carbocycles. The highest BCUT2D eigenvalue weighted by molar-refractivity contribution is 6.15. The molecule has 0 unspecified atom stereocenters. The molecule has 0 amide bonds. The minimum Gasteiger partial charge on any atom is -0.276 e. The molecular weight excluding hydrogens is 462 g/mol. The van der Waals surface area contributed by atoms with Gasteiger partial charge in [0.15, 0.2) is 0 Å². The van der Waals surface area contributed by atoms with Crippen LogP contribution in [0.15, 0.2) is 121 Å². The molecule has 6 aromatic carbocycles. The van der Waals surface area contributed by atoms with Crippen LogP contribution in [0, 0.1) is 6.92 Å². The number of hydrogen-bond donors (Lipinski definition) is 0. The predicted octanol–water partition coefficient (Wildman–Crippen LogP) is 8.98. The van der Waals surface area contributed by atoms with Crippen LogP contribution < -0.4 is 0 Å². The van der Waals surface area contributed by atoms with E-state index in [2.05, 4.69) is 121 Å². The van der Waals surface area contributed by atoms with Crippen molar-refractivity contribution in [2.24, 2.45) is 0 Å². The van der Waals surface area contributed by atoms with E-state index < -0.39 is 0 Å². The highest BCUT2D eigenvalue weighted by Gasteiger charge is 2.17. The second kappa shape index (κ2) is 7.99. The maximum absolute atomic E-state index is 5.19. The average Bonchev–Trinajstić information content (AvgIpc) is 3.37. The van der Waals surface area contributed by atoms with E-state index in [1.54, 1.807) is 0 Å². The summed E-state index contributed by atoms with van der Waals surface area (Å²) in [6, 6.07) is 42.9. The number of fused-ring (bicyclic) bond motifs is 7. The van der Waals surface area contributed by atoms with Gasteiger partial charge in [-0.25, -0.2) is 9.97 Å². The zero-order valence-electron chi connectivity index (χ0n) is 20.9. The first-order valence-corrected chi connectivity index (χ1v) is 12.9. The van der Waals surface area contributed by atoms with Gasteiger partial charge < -0.3 is 0 Å². The minimum absolute atomic E-state index is 0.898. The molecule has 3 heteroatoms. The summed E-state index contributed by atoms with van der Waals surface area (Å²) in [6.07, 6.45) is 0. The molecule has 0 saturated heterocycles. The summed E-state index contributed by atoms with van der Waals surface area (Å²) < 4.78 is 2.21. The first-order valence-electron chi connectivity index (χ1n) is 12.9. The molecule has 0 fully saturated rings. The van der Waals surface area contributed by atoms with E-state index in [1.165, 1.54) is 38.2 Å². The molecule has 0 bridgehead atoms. The van der Waals surface area contributed by atoms with Crippen molar-refractivity contribution in [1.29, 1.82) is 0 Å². The topological polar surface area (TPSA) is 30.2 Å². The zero-order chi connectivity index (χ0) is 25.2. The first kappa shape index (κ1) is 21.1. The monoisotopic (exact) mass is 485 g/mol. The van der Waals surface area contributed by atoms with Crippen LogP contribution in [0.4, 0.5) is 0 Å². The smallest absolute Gasteiger partial charge is 0.149 e. The lowest BCUT2D eigenvalue weighted by atomic mass is 9.88. The molecule has 3 nitrogen and oxygen atoms in total. The van der Waals surface area contributed by atoms with Gasteiger partial charge in [-0.1, -0.05) is 91.0 Å². The van der Waals surface area contributed by atoms with Crippen molar-refractivity contribution in [3.05, 3.63) is 127 Å². The molecule has 8 aromatic rings. The Hall–Kier alpha value is -5.02. The van der Waals surface area contributed by atoms with Gasteiger partial charge in [-0.05, 0) is 75.5 Å². The maximum Gasteiger partial charge on any atom is 0.149 e. The Labute approximate surface area is 219 Å². The van der Waals surface area contributed by atoms with E-state index in [0.717, 1.165) is 39.0 Å². The van der Waals surface area contributed by atoms with Gasteiger partial charge in [0.2, 0.25) is 0 Å². The molecule has 0 spiro atoms. The summed E-state index contributed by atoms with van der Waals surface area (Å²) >= 11 is 0. The van der Waals surface area contributed by atoms with Crippen molar-refractivity contribution < 1.29 is 0 Å². The molecule has 0 atom stereocenters. The fraction of sp³-hybridized carbons (Fsp3) is 0.0286. The molecule has 0 aliphatic rings. The quantitative estimate of drug-likeness (QED) is 0.229. The van der Waals surface area contributed by atoms with Crippen LogP contribution in [-0.2, 0) is 0 Å².